The second kappa shape index (κ2) is 6.95. The van der Waals surface area contributed by atoms with Crippen LogP contribution in [0.4, 0.5) is 10.5 Å². The fourth-order valence-electron chi connectivity index (χ4n) is 0.874. The molecule has 0 unspecified atom stereocenters. The van der Waals surface area contributed by atoms with Gasteiger partial charge >= 0.3 is 6.09 Å². The van der Waals surface area contributed by atoms with E-state index in [4.69, 9.17) is 0 Å². The van der Waals surface area contributed by atoms with E-state index in [-0.39, 0.29) is 0 Å². The summed E-state index contributed by atoms with van der Waals surface area (Å²) >= 11 is 0. The van der Waals surface area contributed by atoms with Gasteiger partial charge in [-0.05, 0) is 18.6 Å². The first-order valence-corrected chi connectivity index (χ1v) is 4.64. The number of amides is 1. The molecule has 0 saturated carbocycles. The van der Waals surface area contributed by atoms with Crippen LogP contribution < -0.4 is 5.32 Å². The summed E-state index contributed by atoms with van der Waals surface area (Å²) in [7, 11) is 1.34. The van der Waals surface area contributed by atoms with E-state index < -0.39 is 6.09 Å². The van der Waals surface area contributed by atoms with Gasteiger partial charge in [0.1, 0.15) is 0 Å². The summed E-state index contributed by atoms with van der Waals surface area (Å²) < 4.78 is 4.46. The highest BCUT2D eigenvalue weighted by Crippen LogP contribution is 2.12. The normalized spacial score (nSPS) is 8.29. The number of para-hydroxylation sites is 1. The van der Waals surface area contributed by atoms with Crippen LogP contribution in [-0.2, 0) is 4.74 Å². The fraction of sp³-hybridized carbons (Fsp3) is 0.364. The quantitative estimate of drug-likeness (QED) is 0.747. The molecule has 0 aromatic heterocycles. The fourth-order valence-corrected chi connectivity index (χ4v) is 0.874. The van der Waals surface area contributed by atoms with E-state index in [1.807, 2.05) is 45.0 Å². The summed E-state index contributed by atoms with van der Waals surface area (Å²) in [6, 6.07) is 7.52. The molecule has 0 aliphatic rings. The van der Waals surface area contributed by atoms with Crippen molar-refractivity contribution in [3.63, 3.8) is 0 Å². The molecule has 0 atom stereocenters. The molecule has 0 radical (unpaired) electrons. The van der Waals surface area contributed by atoms with Crippen molar-refractivity contribution < 1.29 is 9.53 Å². The summed E-state index contributed by atoms with van der Waals surface area (Å²) in [6.45, 7) is 5.92. The van der Waals surface area contributed by atoms with Gasteiger partial charge in [-0.3, -0.25) is 5.32 Å². The summed E-state index contributed by atoms with van der Waals surface area (Å²) in [6.07, 6.45) is -0.440. The molecule has 0 aliphatic carbocycles. The minimum absolute atomic E-state index is 0.440. The number of methoxy groups -OCH3 is 1. The van der Waals surface area contributed by atoms with Gasteiger partial charge in [-0.15, -0.1) is 0 Å². The topological polar surface area (TPSA) is 38.3 Å². The van der Waals surface area contributed by atoms with Crippen molar-refractivity contribution in [2.45, 2.75) is 20.8 Å². The monoisotopic (exact) mass is 195 g/mol. The summed E-state index contributed by atoms with van der Waals surface area (Å²) in [5, 5.41) is 2.60. The van der Waals surface area contributed by atoms with Crippen LogP contribution in [0.2, 0.25) is 0 Å². The van der Waals surface area contributed by atoms with Crippen molar-refractivity contribution in [2.24, 2.45) is 0 Å². The van der Waals surface area contributed by atoms with Crippen LogP contribution >= 0.6 is 0 Å². The van der Waals surface area contributed by atoms with Crippen molar-refractivity contribution in [3.05, 3.63) is 29.8 Å². The third kappa shape index (κ3) is 3.94. The van der Waals surface area contributed by atoms with Crippen LogP contribution in [0.25, 0.3) is 0 Å². The summed E-state index contributed by atoms with van der Waals surface area (Å²) in [5.74, 6) is 0. The highest BCUT2D eigenvalue weighted by atomic mass is 16.5. The molecule has 78 valence electrons. The molecule has 1 aromatic rings. The third-order valence-corrected chi connectivity index (χ3v) is 1.57. The van der Waals surface area contributed by atoms with E-state index >= 15 is 0 Å². The van der Waals surface area contributed by atoms with Crippen molar-refractivity contribution in [1.82, 2.24) is 0 Å². The smallest absolute Gasteiger partial charge is 0.411 e. The number of aryl methyl sites for hydroxylation is 1. The van der Waals surface area contributed by atoms with E-state index in [2.05, 4.69) is 10.1 Å². The van der Waals surface area contributed by atoms with E-state index in [0.717, 1.165) is 11.3 Å². The average Bonchev–Trinajstić information content (AvgIpc) is 2.24. The number of rotatable bonds is 1. The third-order valence-electron chi connectivity index (χ3n) is 1.57. The molecular formula is C11H17NO2. The van der Waals surface area contributed by atoms with Crippen LogP contribution in [0.3, 0.4) is 0 Å². The minimum atomic E-state index is -0.440. The Bertz CT molecular complexity index is 284. The predicted octanol–water partition coefficient (Wildman–Crippen LogP) is 3.20. The van der Waals surface area contributed by atoms with Gasteiger partial charge in [-0.2, -0.15) is 0 Å². The largest absolute Gasteiger partial charge is 0.453 e. The van der Waals surface area contributed by atoms with E-state index in [0.29, 0.717) is 0 Å². The van der Waals surface area contributed by atoms with Gasteiger partial charge in [0.05, 0.1) is 7.11 Å². The number of anilines is 1. The Labute approximate surface area is 85.1 Å². The average molecular weight is 195 g/mol. The van der Waals surface area contributed by atoms with Crippen LogP contribution in [-0.4, -0.2) is 13.2 Å². The lowest BCUT2D eigenvalue weighted by Gasteiger charge is -2.05. The van der Waals surface area contributed by atoms with Crippen molar-refractivity contribution >= 4 is 11.8 Å². The lowest BCUT2D eigenvalue weighted by molar-refractivity contribution is 0.187. The Kier molecular flexibility index (Phi) is 6.20. The summed E-state index contributed by atoms with van der Waals surface area (Å²) in [4.78, 5) is 10.8. The second-order valence-corrected chi connectivity index (χ2v) is 2.43. The van der Waals surface area contributed by atoms with Gasteiger partial charge < -0.3 is 4.74 Å². The lowest BCUT2D eigenvalue weighted by atomic mass is 10.2. The van der Waals surface area contributed by atoms with Crippen molar-refractivity contribution in [3.8, 4) is 0 Å². The van der Waals surface area contributed by atoms with E-state index in [9.17, 15) is 4.79 Å². The van der Waals surface area contributed by atoms with Gasteiger partial charge in [-0.25, -0.2) is 4.79 Å². The highest BCUT2D eigenvalue weighted by Gasteiger charge is 2.01. The van der Waals surface area contributed by atoms with Crippen LogP contribution in [0, 0.1) is 6.92 Å². The molecular weight excluding hydrogens is 178 g/mol. The van der Waals surface area contributed by atoms with Crippen molar-refractivity contribution in [1.29, 1.82) is 0 Å². The van der Waals surface area contributed by atoms with Gasteiger partial charge in [0.25, 0.3) is 0 Å². The molecule has 0 aliphatic heterocycles. The molecule has 1 rings (SSSR count). The van der Waals surface area contributed by atoms with Crippen LogP contribution in [0.1, 0.15) is 19.4 Å². The molecule has 1 N–H and O–H groups in total. The first kappa shape index (κ1) is 12.5. The van der Waals surface area contributed by atoms with Gasteiger partial charge in [0.2, 0.25) is 0 Å². The first-order chi connectivity index (χ1) is 6.74. The van der Waals surface area contributed by atoms with Gasteiger partial charge in [0, 0.05) is 5.69 Å². The molecule has 0 heterocycles. The Hall–Kier alpha value is -1.51. The molecule has 14 heavy (non-hydrogen) atoms. The Balaban J connectivity index is 0.000000791. The molecule has 3 nitrogen and oxygen atoms in total. The molecule has 0 spiro atoms. The van der Waals surface area contributed by atoms with Crippen LogP contribution in [0.15, 0.2) is 24.3 Å². The van der Waals surface area contributed by atoms with Crippen LogP contribution in [0.5, 0.6) is 0 Å². The number of benzene rings is 1. The maximum Gasteiger partial charge on any atom is 0.411 e. The lowest BCUT2D eigenvalue weighted by Crippen LogP contribution is -2.11. The standard InChI is InChI=1S/C9H11NO2.C2H6/c1-7-5-3-4-6-8(7)10-9(11)12-2;1-2/h3-6H,1-2H3,(H,10,11);1-2H3. The zero-order chi connectivity index (χ0) is 11.0. The zero-order valence-electron chi connectivity index (χ0n) is 9.13. The van der Waals surface area contributed by atoms with E-state index in [1.54, 1.807) is 0 Å². The minimum Gasteiger partial charge on any atom is -0.453 e. The molecule has 1 amide bonds. The zero-order valence-corrected chi connectivity index (χ0v) is 9.13. The molecule has 0 bridgehead atoms. The SMILES string of the molecule is CC.COC(=O)Nc1ccccc1C. The molecule has 0 fully saturated rings. The van der Waals surface area contributed by atoms with Crippen molar-refractivity contribution in [2.75, 3.05) is 12.4 Å². The molecule has 3 heteroatoms. The number of hydrogen-bond donors (Lipinski definition) is 1. The maximum absolute atomic E-state index is 10.8. The number of nitrogens with one attached hydrogen (secondary N) is 1. The number of ether oxygens (including phenoxy) is 1. The molecule has 1 aromatic carbocycles. The Morgan fingerprint density at radius 2 is 1.86 bits per heavy atom. The Morgan fingerprint density at radius 1 is 1.29 bits per heavy atom. The highest BCUT2D eigenvalue weighted by molar-refractivity contribution is 5.85. The van der Waals surface area contributed by atoms with Gasteiger partial charge in [0.15, 0.2) is 0 Å². The number of carbonyl (C=O) groups is 1. The van der Waals surface area contributed by atoms with E-state index in [1.165, 1.54) is 7.11 Å². The number of carbonyl (C=O) groups excluding carboxylic acids is 1. The Morgan fingerprint density at radius 3 is 2.36 bits per heavy atom. The summed E-state index contributed by atoms with van der Waals surface area (Å²) in [5.41, 5.74) is 1.80. The molecule has 0 saturated heterocycles. The predicted molar refractivity (Wildman–Crippen MR) is 58.6 cm³/mol. The second-order valence-electron chi connectivity index (χ2n) is 2.43. The van der Waals surface area contributed by atoms with Gasteiger partial charge in [-0.1, -0.05) is 32.0 Å². The first-order valence-electron chi connectivity index (χ1n) is 4.64. The maximum atomic E-state index is 10.8. The number of hydrogen-bond acceptors (Lipinski definition) is 2.